The first kappa shape index (κ1) is 21.8. The highest BCUT2D eigenvalue weighted by Gasteiger charge is 2.29. The summed E-state index contributed by atoms with van der Waals surface area (Å²) in [6, 6.07) is 13.1. The molecule has 2 heterocycles. The summed E-state index contributed by atoms with van der Waals surface area (Å²) in [5.74, 6) is -0.601. The minimum atomic E-state index is -0.601. The van der Waals surface area contributed by atoms with Crippen LogP contribution in [0.15, 0.2) is 53.4 Å². The third-order valence-electron chi connectivity index (χ3n) is 5.17. The largest absolute Gasteiger partial charge is 0.380 e. The number of carbonyl (C=O) groups is 1. The highest BCUT2D eigenvalue weighted by Crippen LogP contribution is 2.39. The topological polar surface area (TPSA) is 119 Å². The number of aromatic nitrogens is 1. The van der Waals surface area contributed by atoms with E-state index >= 15 is 0 Å². The van der Waals surface area contributed by atoms with Crippen LogP contribution < -0.4 is 11.1 Å². The molecule has 0 spiro atoms. The summed E-state index contributed by atoms with van der Waals surface area (Å²) in [7, 11) is 3.95. The highest BCUT2D eigenvalue weighted by molar-refractivity contribution is 6.05. The van der Waals surface area contributed by atoms with E-state index in [1.165, 1.54) is 0 Å². The molecule has 3 N–H and O–H groups in total. The molecule has 7 nitrogen and oxygen atoms in total. The van der Waals surface area contributed by atoms with Crippen molar-refractivity contribution in [3.63, 3.8) is 0 Å². The van der Waals surface area contributed by atoms with Gasteiger partial charge in [-0.1, -0.05) is 18.2 Å². The molecule has 0 saturated heterocycles. The monoisotopic (exact) mass is 412 g/mol. The summed E-state index contributed by atoms with van der Waals surface area (Å²) in [4.78, 5) is 18.9. The molecular weight excluding hydrogens is 388 g/mol. The normalized spacial score (nSPS) is 16.0. The van der Waals surface area contributed by atoms with Gasteiger partial charge >= 0.3 is 0 Å². The Hall–Kier alpha value is -3.94. The third kappa shape index (κ3) is 4.18. The molecule has 0 aliphatic carbocycles. The van der Waals surface area contributed by atoms with Crippen LogP contribution in [0.3, 0.4) is 0 Å². The molecule has 7 heteroatoms. The Morgan fingerprint density at radius 3 is 2.52 bits per heavy atom. The lowest BCUT2D eigenvalue weighted by molar-refractivity contribution is 0.100. The van der Waals surface area contributed by atoms with E-state index in [2.05, 4.69) is 22.4 Å². The molecule has 1 amide bonds. The molecule has 0 fully saturated rings. The average Bonchev–Trinajstić information content (AvgIpc) is 2.73. The molecule has 0 saturated carbocycles. The number of nitrogens with zero attached hydrogens (tertiary/aromatic N) is 4. The van der Waals surface area contributed by atoms with Crippen molar-refractivity contribution < 1.29 is 4.79 Å². The lowest BCUT2D eigenvalue weighted by Crippen LogP contribution is -2.31. The first-order chi connectivity index (χ1) is 14.8. The molecule has 2 aromatic rings. The number of carbonyl (C=O) groups excluding carboxylic acids is 1. The second-order valence-corrected chi connectivity index (χ2v) is 7.76. The molecule has 1 aliphatic rings. The minimum Gasteiger partial charge on any atom is -0.380 e. The number of benzene rings is 1. The summed E-state index contributed by atoms with van der Waals surface area (Å²) in [5.41, 5.74) is 10.6. The Labute approximate surface area is 182 Å². The SMILES string of the molecule is CC1=C(C#N)C(c2cccc(C(N)=O)c2-c2ccc(CN(C)C)cn2)=C(C#N)C(C)N1. The first-order valence-corrected chi connectivity index (χ1v) is 9.83. The lowest BCUT2D eigenvalue weighted by atomic mass is 9.82. The van der Waals surface area contributed by atoms with E-state index in [-0.39, 0.29) is 11.6 Å². The van der Waals surface area contributed by atoms with Crippen molar-refractivity contribution in [3.8, 4) is 23.4 Å². The van der Waals surface area contributed by atoms with Crippen LogP contribution in [0.5, 0.6) is 0 Å². The summed E-state index contributed by atoms with van der Waals surface area (Å²) in [6.45, 7) is 4.39. The van der Waals surface area contributed by atoms with E-state index in [4.69, 9.17) is 5.73 Å². The number of rotatable bonds is 5. The zero-order valence-electron chi connectivity index (χ0n) is 18.0. The second-order valence-electron chi connectivity index (χ2n) is 7.76. The van der Waals surface area contributed by atoms with Crippen LogP contribution >= 0.6 is 0 Å². The Morgan fingerprint density at radius 2 is 1.97 bits per heavy atom. The van der Waals surface area contributed by atoms with Crippen LogP contribution in [-0.4, -0.2) is 35.9 Å². The Bertz CT molecular complexity index is 1180. The van der Waals surface area contributed by atoms with Crippen LogP contribution in [0, 0.1) is 22.7 Å². The van der Waals surface area contributed by atoms with Gasteiger partial charge in [0.1, 0.15) is 6.07 Å². The van der Waals surface area contributed by atoms with Crippen LogP contribution in [0.1, 0.15) is 35.3 Å². The van der Waals surface area contributed by atoms with Crippen LogP contribution in [0.4, 0.5) is 0 Å². The molecular formula is C24H24N6O. The predicted octanol–water partition coefficient (Wildman–Crippen LogP) is 2.98. The van der Waals surface area contributed by atoms with Crippen molar-refractivity contribution in [3.05, 3.63) is 70.1 Å². The number of primary amides is 1. The number of allylic oxidation sites excluding steroid dienone is 3. The summed E-state index contributed by atoms with van der Waals surface area (Å²) >= 11 is 0. The van der Waals surface area contributed by atoms with Crippen LogP contribution in [0.25, 0.3) is 16.8 Å². The van der Waals surface area contributed by atoms with Gasteiger partial charge in [0.15, 0.2) is 0 Å². The van der Waals surface area contributed by atoms with Gasteiger partial charge in [0, 0.05) is 35.1 Å². The van der Waals surface area contributed by atoms with Gasteiger partial charge < -0.3 is 16.0 Å². The zero-order valence-corrected chi connectivity index (χ0v) is 18.0. The molecule has 0 radical (unpaired) electrons. The average molecular weight is 412 g/mol. The standard InChI is InChI=1S/C24H24N6O/c1-14-19(10-25)22(20(11-26)15(2)29-14)17-6-5-7-18(24(27)31)23(17)21-9-8-16(12-28-21)13-30(3)4/h5-9,12,14,29H,13H2,1-4H3,(H2,27,31). The third-order valence-corrected chi connectivity index (χ3v) is 5.17. The maximum Gasteiger partial charge on any atom is 0.249 e. The van der Waals surface area contributed by atoms with E-state index in [9.17, 15) is 15.3 Å². The Balaban J connectivity index is 2.33. The lowest BCUT2D eigenvalue weighted by Gasteiger charge is -2.27. The number of hydrogen-bond acceptors (Lipinski definition) is 6. The van der Waals surface area contributed by atoms with Gasteiger partial charge in [0.2, 0.25) is 5.91 Å². The molecule has 1 aromatic carbocycles. The minimum absolute atomic E-state index is 0.280. The Kier molecular flexibility index (Phi) is 6.20. The zero-order chi connectivity index (χ0) is 22.7. The molecule has 3 rings (SSSR count). The maximum absolute atomic E-state index is 12.3. The second kappa shape index (κ2) is 8.83. The van der Waals surface area contributed by atoms with E-state index in [1.807, 2.05) is 38.1 Å². The van der Waals surface area contributed by atoms with Gasteiger partial charge in [-0.05, 0) is 51.2 Å². The van der Waals surface area contributed by atoms with Crippen molar-refractivity contribution >= 4 is 11.5 Å². The fourth-order valence-corrected chi connectivity index (χ4v) is 3.85. The van der Waals surface area contributed by atoms with Crippen molar-refractivity contribution in [1.29, 1.82) is 10.5 Å². The van der Waals surface area contributed by atoms with Gasteiger partial charge in [-0.2, -0.15) is 10.5 Å². The molecule has 1 atom stereocenters. The van der Waals surface area contributed by atoms with Gasteiger partial charge in [-0.3, -0.25) is 9.78 Å². The summed E-state index contributed by atoms with van der Waals surface area (Å²) < 4.78 is 0. The molecule has 31 heavy (non-hydrogen) atoms. The van der Waals surface area contributed by atoms with E-state index < -0.39 is 5.91 Å². The fraction of sp³-hybridized carbons (Fsp3) is 0.250. The van der Waals surface area contributed by atoms with Crippen LogP contribution in [-0.2, 0) is 6.54 Å². The van der Waals surface area contributed by atoms with Crippen LogP contribution in [0.2, 0.25) is 0 Å². The van der Waals surface area contributed by atoms with E-state index in [1.54, 1.807) is 31.3 Å². The van der Waals surface area contributed by atoms with Crippen molar-refractivity contribution in [2.24, 2.45) is 5.73 Å². The van der Waals surface area contributed by atoms with Gasteiger partial charge in [-0.15, -0.1) is 0 Å². The molecule has 1 aromatic heterocycles. The van der Waals surface area contributed by atoms with Gasteiger partial charge in [0.25, 0.3) is 0 Å². The molecule has 1 aliphatic heterocycles. The summed E-state index contributed by atoms with van der Waals surface area (Å²) in [5, 5.41) is 22.9. The van der Waals surface area contributed by atoms with Gasteiger partial charge in [0.05, 0.1) is 29.0 Å². The quantitative estimate of drug-likeness (QED) is 0.779. The highest BCUT2D eigenvalue weighted by atomic mass is 16.1. The number of nitrogens with two attached hydrogens (primary N) is 1. The summed E-state index contributed by atoms with van der Waals surface area (Å²) in [6.07, 6.45) is 1.76. The first-order valence-electron chi connectivity index (χ1n) is 9.83. The van der Waals surface area contributed by atoms with Crippen molar-refractivity contribution in [1.82, 2.24) is 15.2 Å². The molecule has 0 bridgehead atoms. The number of nitriles is 2. The number of nitrogens with one attached hydrogen (secondary N) is 1. The van der Waals surface area contributed by atoms with E-state index in [0.29, 0.717) is 39.2 Å². The van der Waals surface area contributed by atoms with Crippen molar-refractivity contribution in [2.75, 3.05) is 14.1 Å². The predicted molar refractivity (Wildman–Crippen MR) is 119 cm³/mol. The number of dihydropyridines is 1. The van der Waals surface area contributed by atoms with Gasteiger partial charge in [-0.25, -0.2) is 0 Å². The smallest absolute Gasteiger partial charge is 0.249 e. The Morgan fingerprint density at radius 1 is 1.23 bits per heavy atom. The number of amides is 1. The number of pyridine rings is 1. The molecule has 156 valence electrons. The maximum atomic E-state index is 12.3. The number of hydrogen-bond donors (Lipinski definition) is 2. The van der Waals surface area contributed by atoms with Crippen molar-refractivity contribution in [2.45, 2.75) is 26.4 Å². The fourth-order valence-electron chi connectivity index (χ4n) is 3.85. The van der Waals surface area contributed by atoms with E-state index in [0.717, 1.165) is 12.1 Å². The molecule has 1 unspecified atom stereocenters.